The first-order chi connectivity index (χ1) is 9.13. The lowest BCUT2D eigenvalue weighted by molar-refractivity contribution is 1.22. The Morgan fingerprint density at radius 2 is 1.89 bits per heavy atom. The summed E-state index contributed by atoms with van der Waals surface area (Å²) in [4.78, 5) is 11.0. The average molecular weight is 269 g/mol. The fourth-order valence-electron chi connectivity index (χ4n) is 2.07. The number of nitrogens with zero attached hydrogens (tertiary/aromatic N) is 2. The topological polar surface area (TPSA) is 37.8 Å². The lowest BCUT2D eigenvalue weighted by Gasteiger charge is -2.10. The molecule has 1 N–H and O–H groups in total. The van der Waals surface area contributed by atoms with Gasteiger partial charge in [-0.25, -0.2) is 9.97 Å². The van der Waals surface area contributed by atoms with Gasteiger partial charge in [0, 0.05) is 10.6 Å². The Morgan fingerprint density at radius 1 is 1.05 bits per heavy atom. The minimum absolute atomic E-state index is 0.878. The first-order valence-electron chi connectivity index (χ1n) is 6.19. The number of rotatable bonds is 2. The third kappa shape index (κ3) is 2.31. The van der Waals surface area contributed by atoms with Gasteiger partial charge < -0.3 is 5.32 Å². The van der Waals surface area contributed by atoms with Crippen molar-refractivity contribution in [3.8, 4) is 0 Å². The molecule has 0 aliphatic carbocycles. The lowest BCUT2D eigenvalue weighted by atomic mass is 10.1. The van der Waals surface area contributed by atoms with Crippen LogP contribution in [-0.2, 0) is 0 Å². The van der Waals surface area contributed by atoms with Crippen molar-refractivity contribution in [2.24, 2.45) is 0 Å². The molecule has 0 saturated carbocycles. The molecule has 19 heavy (non-hydrogen) atoms. The zero-order valence-corrected chi connectivity index (χ0v) is 12.0. The number of nitrogens with one attached hydrogen (secondary N) is 1. The molecule has 0 atom stereocenters. The van der Waals surface area contributed by atoms with Crippen LogP contribution in [0.2, 0.25) is 0 Å². The van der Waals surface area contributed by atoms with Crippen LogP contribution in [-0.4, -0.2) is 9.97 Å². The zero-order valence-electron chi connectivity index (χ0n) is 11.2. The molecular weight excluding hydrogens is 254 g/mol. The van der Waals surface area contributed by atoms with E-state index in [-0.39, 0.29) is 0 Å². The highest BCUT2D eigenvalue weighted by molar-refractivity contribution is 7.18. The molecule has 0 spiro atoms. The molecule has 0 aliphatic rings. The second-order valence-electron chi connectivity index (χ2n) is 4.74. The van der Waals surface area contributed by atoms with E-state index in [1.165, 1.54) is 16.0 Å². The number of benzene rings is 1. The monoisotopic (exact) mass is 269 g/mol. The first-order valence-corrected chi connectivity index (χ1v) is 7.00. The zero-order chi connectivity index (χ0) is 13.4. The van der Waals surface area contributed by atoms with Crippen molar-refractivity contribution in [2.75, 3.05) is 5.32 Å². The summed E-state index contributed by atoms with van der Waals surface area (Å²) in [5.74, 6) is 0.878. The minimum Gasteiger partial charge on any atom is -0.339 e. The van der Waals surface area contributed by atoms with Gasteiger partial charge in [-0.15, -0.1) is 11.3 Å². The molecular formula is C15H15N3S. The van der Waals surface area contributed by atoms with E-state index in [1.54, 1.807) is 17.7 Å². The van der Waals surface area contributed by atoms with Gasteiger partial charge in [0.15, 0.2) is 0 Å². The van der Waals surface area contributed by atoms with Gasteiger partial charge in [0.05, 0.1) is 5.39 Å². The Balaban J connectivity index is 2.08. The van der Waals surface area contributed by atoms with Crippen LogP contribution < -0.4 is 5.32 Å². The molecule has 2 aromatic heterocycles. The van der Waals surface area contributed by atoms with E-state index in [1.807, 2.05) is 0 Å². The van der Waals surface area contributed by atoms with E-state index in [0.29, 0.717) is 0 Å². The maximum Gasteiger partial charge on any atom is 0.142 e. The largest absolute Gasteiger partial charge is 0.339 e. The number of thiophene rings is 1. The van der Waals surface area contributed by atoms with Crippen molar-refractivity contribution in [1.82, 2.24) is 9.97 Å². The second-order valence-corrected chi connectivity index (χ2v) is 5.98. The molecule has 3 nitrogen and oxygen atoms in total. The minimum atomic E-state index is 0.878. The van der Waals surface area contributed by atoms with Gasteiger partial charge in [-0.2, -0.15) is 0 Å². The lowest BCUT2D eigenvalue weighted by Crippen LogP contribution is -1.97. The molecule has 1 aromatic carbocycles. The molecule has 4 heteroatoms. The van der Waals surface area contributed by atoms with E-state index in [2.05, 4.69) is 60.3 Å². The number of anilines is 2. The van der Waals surface area contributed by atoms with Crippen LogP contribution in [0.15, 0.2) is 30.6 Å². The Bertz CT molecular complexity index is 746. The van der Waals surface area contributed by atoms with Gasteiger partial charge in [-0.1, -0.05) is 12.1 Å². The van der Waals surface area contributed by atoms with E-state index < -0.39 is 0 Å². The van der Waals surface area contributed by atoms with Crippen LogP contribution in [0.3, 0.4) is 0 Å². The molecule has 3 rings (SSSR count). The van der Waals surface area contributed by atoms with Crippen LogP contribution >= 0.6 is 11.3 Å². The molecule has 0 fully saturated rings. The second kappa shape index (κ2) is 4.63. The summed E-state index contributed by atoms with van der Waals surface area (Å²) in [7, 11) is 0. The van der Waals surface area contributed by atoms with Crippen molar-refractivity contribution >= 4 is 33.1 Å². The predicted octanol–water partition coefficient (Wildman–Crippen LogP) is 4.36. The average Bonchev–Trinajstić information content (AvgIpc) is 2.75. The Morgan fingerprint density at radius 3 is 2.74 bits per heavy atom. The fraction of sp³-hybridized carbons (Fsp3) is 0.200. The SMILES string of the molecule is Cc1ccc(C)c(Nc2ncnc3sc(C)cc23)c1. The van der Waals surface area contributed by atoms with Crippen molar-refractivity contribution in [3.05, 3.63) is 46.6 Å². The van der Waals surface area contributed by atoms with E-state index in [4.69, 9.17) is 0 Å². The highest BCUT2D eigenvalue weighted by Gasteiger charge is 2.08. The van der Waals surface area contributed by atoms with Crippen LogP contribution in [0, 0.1) is 20.8 Å². The highest BCUT2D eigenvalue weighted by atomic mass is 32.1. The molecule has 0 radical (unpaired) electrons. The van der Waals surface area contributed by atoms with Gasteiger partial charge >= 0.3 is 0 Å². The summed E-state index contributed by atoms with van der Waals surface area (Å²) in [5, 5.41) is 4.51. The molecule has 0 saturated heterocycles. The third-order valence-corrected chi connectivity index (χ3v) is 4.06. The van der Waals surface area contributed by atoms with Gasteiger partial charge in [0.1, 0.15) is 17.0 Å². The van der Waals surface area contributed by atoms with Crippen LogP contribution in [0.4, 0.5) is 11.5 Å². The summed E-state index contributed by atoms with van der Waals surface area (Å²) < 4.78 is 0. The summed E-state index contributed by atoms with van der Waals surface area (Å²) >= 11 is 1.69. The summed E-state index contributed by atoms with van der Waals surface area (Å²) in [6.45, 7) is 6.28. The molecule has 2 heterocycles. The summed E-state index contributed by atoms with van der Waals surface area (Å²) in [6, 6.07) is 8.51. The van der Waals surface area contributed by atoms with E-state index in [9.17, 15) is 0 Å². The molecule has 0 amide bonds. The predicted molar refractivity (Wildman–Crippen MR) is 81.4 cm³/mol. The van der Waals surface area contributed by atoms with Crippen LogP contribution in [0.5, 0.6) is 0 Å². The van der Waals surface area contributed by atoms with Crippen molar-refractivity contribution in [1.29, 1.82) is 0 Å². The first kappa shape index (κ1) is 12.1. The smallest absolute Gasteiger partial charge is 0.142 e. The maximum atomic E-state index is 4.37. The molecule has 3 aromatic rings. The highest BCUT2D eigenvalue weighted by Crippen LogP contribution is 2.30. The summed E-state index contributed by atoms with van der Waals surface area (Å²) in [6.07, 6.45) is 1.62. The Labute approximate surface area is 116 Å². The van der Waals surface area contributed by atoms with Crippen LogP contribution in [0.25, 0.3) is 10.2 Å². The fourth-order valence-corrected chi connectivity index (χ4v) is 2.92. The molecule has 0 bridgehead atoms. The van der Waals surface area contributed by atoms with Crippen molar-refractivity contribution < 1.29 is 0 Å². The van der Waals surface area contributed by atoms with E-state index in [0.717, 1.165) is 21.7 Å². The van der Waals surface area contributed by atoms with Crippen molar-refractivity contribution in [2.45, 2.75) is 20.8 Å². The van der Waals surface area contributed by atoms with Gasteiger partial charge in [-0.05, 0) is 44.0 Å². The third-order valence-electron chi connectivity index (χ3n) is 3.10. The number of aromatic nitrogens is 2. The number of hydrogen-bond donors (Lipinski definition) is 1. The van der Waals surface area contributed by atoms with Crippen LogP contribution in [0.1, 0.15) is 16.0 Å². The van der Waals surface area contributed by atoms with Gasteiger partial charge in [0.25, 0.3) is 0 Å². The van der Waals surface area contributed by atoms with E-state index >= 15 is 0 Å². The standard InChI is InChI=1S/C15H15N3S/c1-9-4-5-10(2)13(6-9)18-14-12-7-11(3)19-15(12)17-8-16-14/h4-8H,1-3H3,(H,16,17,18). The molecule has 96 valence electrons. The maximum absolute atomic E-state index is 4.37. The number of fused-ring (bicyclic) bond motifs is 1. The number of aryl methyl sites for hydroxylation is 3. The quantitative estimate of drug-likeness (QED) is 0.751. The van der Waals surface area contributed by atoms with Crippen molar-refractivity contribution in [3.63, 3.8) is 0 Å². The summed E-state index contributed by atoms with van der Waals surface area (Å²) in [5.41, 5.74) is 3.55. The normalized spacial score (nSPS) is 10.9. The van der Waals surface area contributed by atoms with Gasteiger partial charge in [0.2, 0.25) is 0 Å². The molecule has 0 aliphatic heterocycles. The van der Waals surface area contributed by atoms with Gasteiger partial charge in [-0.3, -0.25) is 0 Å². The Hall–Kier alpha value is -1.94. The Kier molecular flexibility index (Phi) is 2.95. The molecule has 0 unspecified atom stereocenters. The number of hydrogen-bond acceptors (Lipinski definition) is 4.